The molecule has 1 aromatic heterocycles. The maximum absolute atomic E-state index is 5.72. The van der Waals surface area contributed by atoms with Gasteiger partial charge in [-0.3, -0.25) is 0 Å². The molecule has 1 nitrogen and oxygen atoms in total. The first-order valence-corrected chi connectivity index (χ1v) is 10.3. The van der Waals surface area contributed by atoms with Crippen molar-refractivity contribution in [3.05, 3.63) is 70.7 Å². The van der Waals surface area contributed by atoms with Crippen LogP contribution in [0, 0.1) is 11.7 Å². The molecule has 0 aliphatic rings. The quantitative estimate of drug-likeness (QED) is 0.223. The molecule has 0 fully saturated rings. The van der Waals surface area contributed by atoms with Gasteiger partial charge in [0.05, 0.1) is 23.0 Å². The Kier molecular flexibility index (Phi) is 5.60. The lowest BCUT2D eigenvalue weighted by molar-refractivity contribution is 0.911. The number of aromatic nitrogens is 1. The van der Waals surface area contributed by atoms with E-state index >= 15 is 0 Å². The Hall–Kier alpha value is -0.250. The third-order valence-electron chi connectivity index (χ3n) is 3.65. The summed E-state index contributed by atoms with van der Waals surface area (Å²) in [4.78, 5) is 0. The maximum Gasteiger partial charge on any atom is 0.0686 e. The molecule has 0 unspecified atom stereocenters. The highest BCUT2D eigenvalue weighted by Gasteiger charge is 2.17. The predicted octanol–water partition coefficient (Wildman–Crippen LogP) is 7.06. The van der Waals surface area contributed by atoms with Crippen molar-refractivity contribution in [2.45, 2.75) is 0 Å². The fourth-order valence-corrected chi connectivity index (χ4v) is 5.42. The molecule has 0 amide bonds. The SMILES string of the molecule is Cn1c(-c2ccccc2)c(I)c(=S)c(I)c1-c1ccc(Br)cc1. The smallest absolute Gasteiger partial charge is 0.0686 e. The first-order valence-electron chi connectivity index (χ1n) is 6.90. The molecule has 0 spiro atoms. The minimum Gasteiger partial charge on any atom is -0.342 e. The summed E-state index contributed by atoms with van der Waals surface area (Å²) in [6, 6.07) is 18.8. The number of rotatable bonds is 2. The largest absolute Gasteiger partial charge is 0.342 e. The Labute approximate surface area is 176 Å². The Balaban J connectivity index is 2.36. The maximum atomic E-state index is 5.72. The van der Waals surface area contributed by atoms with Crippen molar-refractivity contribution in [1.29, 1.82) is 0 Å². The minimum atomic E-state index is 0.918. The summed E-state index contributed by atoms with van der Waals surface area (Å²) in [6.45, 7) is 0. The van der Waals surface area contributed by atoms with E-state index in [2.05, 4.69) is 121 Å². The van der Waals surface area contributed by atoms with Gasteiger partial charge in [-0.1, -0.05) is 70.6 Å². The molecule has 1 heterocycles. The van der Waals surface area contributed by atoms with Crippen molar-refractivity contribution in [3.63, 3.8) is 0 Å². The van der Waals surface area contributed by atoms with Gasteiger partial charge in [0.25, 0.3) is 0 Å². The lowest BCUT2D eigenvalue weighted by Crippen LogP contribution is -2.07. The van der Waals surface area contributed by atoms with Crippen LogP contribution in [0.25, 0.3) is 22.5 Å². The number of halogens is 3. The zero-order valence-electron chi connectivity index (χ0n) is 12.2. The van der Waals surface area contributed by atoms with Crippen LogP contribution in [-0.4, -0.2) is 4.57 Å². The molecule has 116 valence electrons. The zero-order valence-corrected chi connectivity index (χ0v) is 18.9. The van der Waals surface area contributed by atoms with E-state index in [1.54, 1.807) is 0 Å². The fraction of sp³-hybridized carbons (Fsp3) is 0.0556. The van der Waals surface area contributed by atoms with E-state index in [-0.39, 0.29) is 0 Å². The summed E-state index contributed by atoms with van der Waals surface area (Å²) in [5, 5.41) is 0. The average Bonchev–Trinajstić information content (AvgIpc) is 2.56. The highest BCUT2D eigenvalue weighted by molar-refractivity contribution is 14.1. The molecule has 2 aromatic carbocycles. The van der Waals surface area contributed by atoms with E-state index in [0.29, 0.717) is 0 Å². The molecule has 0 saturated carbocycles. The van der Waals surface area contributed by atoms with Crippen LogP contribution < -0.4 is 0 Å². The molecule has 0 N–H and O–H groups in total. The zero-order chi connectivity index (χ0) is 16.6. The predicted molar refractivity (Wildman–Crippen MR) is 120 cm³/mol. The second kappa shape index (κ2) is 7.33. The third-order valence-corrected chi connectivity index (χ3v) is 7.42. The van der Waals surface area contributed by atoms with E-state index in [0.717, 1.165) is 27.5 Å². The van der Waals surface area contributed by atoms with Crippen LogP contribution in [0.1, 0.15) is 0 Å². The van der Waals surface area contributed by atoms with Crippen LogP contribution in [0.15, 0.2) is 59.1 Å². The van der Waals surface area contributed by atoms with Crippen molar-refractivity contribution < 1.29 is 0 Å². The number of benzene rings is 2. The van der Waals surface area contributed by atoms with Gasteiger partial charge in [0, 0.05) is 11.5 Å². The number of nitrogens with zero attached hydrogens (tertiary/aromatic N) is 1. The molecule has 0 bridgehead atoms. The summed E-state index contributed by atoms with van der Waals surface area (Å²) < 4.78 is 6.48. The van der Waals surface area contributed by atoms with E-state index in [9.17, 15) is 0 Å². The van der Waals surface area contributed by atoms with Crippen molar-refractivity contribution in [2.75, 3.05) is 0 Å². The van der Waals surface area contributed by atoms with Gasteiger partial charge < -0.3 is 4.57 Å². The first kappa shape index (κ1) is 17.6. The molecule has 3 rings (SSSR count). The van der Waals surface area contributed by atoms with E-state index in [4.69, 9.17) is 12.2 Å². The Morgan fingerprint density at radius 2 is 1.30 bits per heavy atom. The van der Waals surface area contributed by atoms with Gasteiger partial charge in [-0.25, -0.2) is 0 Å². The van der Waals surface area contributed by atoms with Gasteiger partial charge in [0.2, 0.25) is 0 Å². The van der Waals surface area contributed by atoms with Crippen molar-refractivity contribution in [2.24, 2.45) is 7.05 Å². The van der Waals surface area contributed by atoms with Crippen LogP contribution in [0.5, 0.6) is 0 Å². The molecule has 23 heavy (non-hydrogen) atoms. The Bertz CT molecular complexity index is 918. The lowest BCUT2D eigenvalue weighted by Gasteiger charge is -2.19. The molecule has 0 aliphatic carbocycles. The number of pyridine rings is 1. The normalized spacial score (nSPS) is 10.8. The van der Waals surface area contributed by atoms with E-state index in [1.165, 1.54) is 11.1 Å². The molecule has 3 aromatic rings. The topological polar surface area (TPSA) is 4.93 Å². The summed E-state index contributed by atoms with van der Waals surface area (Å²) in [6.07, 6.45) is 0. The molecular weight excluding hydrogens is 596 g/mol. The lowest BCUT2D eigenvalue weighted by atomic mass is 10.1. The Morgan fingerprint density at radius 1 is 0.826 bits per heavy atom. The second-order valence-electron chi connectivity index (χ2n) is 5.09. The van der Waals surface area contributed by atoms with Crippen LogP contribution in [0.4, 0.5) is 0 Å². The molecule has 0 saturated heterocycles. The number of hydrogen-bond acceptors (Lipinski definition) is 1. The first-order chi connectivity index (χ1) is 11.0. The summed E-state index contributed by atoms with van der Waals surface area (Å²) in [5.41, 5.74) is 4.66. The standard InChI is InChI=1S/C18H12BrI2NS/c1-22-16(11-5-3-2-4-6-11)14(20)18(23)15(21)17(22)12-7-9-13(19)10-8-12/h2-10H,1H3. The molecule has 0 atom stereocenters. The van der Waals surface area contributed by atoms with Gasteiger partial charge in [-0.05, 0) is 68.4 Å². The van der Waals surface area contributed by atoms with Crippen LogP contribution in [-0.2, 0) is 7.05 Å². The van der Waals surface area contributed by atoms with Gasteiger partial charge >= 0.3 is 0 Å². The van der Waals surface area contributed by atoms with Crippen LogP contribution in [0.2, 0.25) is 0 Å². The fourth-order valence-electron chi connectivity index (χ4n) is 2.56. The number of hydrogen-bond donors (Lipinski definition) is 0. The molecule has 5 heteroatoms. The van der Waals surface area contributed by atoms with Gasteiger partial charge in [0.1, 0.15) is 0 Å². The third kappa shape index (κ3) is 3.43. The van der Waals surface area contributed by atoms with Crippen LogP contribution in [0.3, 0.4) is 0 Å². The monoisotopic (exact) mass is 607 g/mol. The van der Waals surface area contributed by atoms with Crippen molar-refractivity contribution >= 4 is 73.3 Å². The van der Waals surface area contributed by atoms with Crippen molar-refractivity contribution in [3.8, 4) is 22.5 Å². The molecule has 0 radical (unpaired) electrons. The summed E-state index contributed by atoms with van der Waals surface area (Å²) >= 11 is 13.9. The highest BCUT2D eigenvalue weighted by atomic mass is 127. The summed E-state index contributed by atoms with van der Waals surface area (Å²) in [7, 11) is 2.11. The summed E-state index contributed by atoms with van der Waals surface area (Å²) in [5.74, 6) is 0. The van der Waals surface area contributed by atoms with E-state index in [1.807, 2.05) is 6.07 Å². The van der Waals surface area contributed by atoms with E-state index < -0.39 is 0 Å². The Morgan fingerprint density at radius 3 is 1.83 bits per heavy atom. The second-order valence-corrected chi connectivity index (χ2v) is 8.57. The molecular formula is C18H12BrI2NS. The van der Waals surface area contributed by atoms with Gasteiger partial charge in [0.15, 0.2) is 0 Å². The molecule has 0 aliphatic heterocycles. The highest BCUT2D eigenvalue weighted by Crippen LogP contribution is 2.35. The minimum absolute atomic E-state index is 0.918. The van der Waals surface area contributed by atoms with Gasteiger partial charge in [-0.2, -0.15) is 0 Å². The van der Waals surface area contributed by atoms with Gasteiger partial charge in [-0.15, -0.1) is 0 Å². The van der Waals surface area contributed by atoms with Crippen molar-refractivity contribution in [1.82, 2.24) is 4.57 Å². The van der Waals surface area contributed by atoms with Crippen LogP contribution >= 0.6 is 73.3 Å². The average molecular weight is 608 g/mol.